The summed E-state index contributed by atoms with van der Waals surface area (Å²) in [5.74, 6) is 0.0397. The topological polar surface area (TPSA) is 84.2 Å². The van der Waals surface area contributed by atoms with E-state index < -0.39 is 5.60 Å². The number of likely N-dealkylation sites (tertiary alicyclic amines) is 1. The number of rotatable bonds is 1. The predicted molar refractivity (Wildman–Crippen MR) is 90.2 cm³/mol. The van der Waals surface area contributed by atoms with Crippen molar-refractivity contribution in [3.05, 3.63) is 23.5 Å². The Hall–Kier alpha value is -2.31. The first-order valence-electron chi connectivity index (χ1n) is 8.15. The monoisotopic (exact) mass is 334 g/mol. The van der Waals surface area contributed by atoms with Crippen molar-refractivity contribution in [1.29, 1.82) is 0 Å². The smallest absolute Gasteiger partial charge is 0.410 e. The van der Waals surface area contributed by atoms with E-state index in [1.54, 1.807) is 4.90 Å². The van der Waals surface area contributed by atoms with E-state index in [0.29, 0.717) is 18.6 Å². The lowest BCUT2D eigenvalue weighted by Crippen LogP contribution is -2.41. The number of hydrogen-bond acceptors (Lipinski definition) is 4. The van der Waals surface area contributed by atoms with Gasteiger partial charge in [0.15, 0.2) is 11.8 Å². The van der Waals surface area contributed by atoms with Crippen LogP contribution in [0, 0.1) is 5.82 Å². The number of carbonyl (C=O) groups is 1. The fourth-order valence-corrected chi connectivity index (χ4v) is 3.07. The number of fused-ring (bicyclic) bond motifs is 1. The summed E-state index contributed by atoms with van der Waals surface area (Å²) in [5.41, 5.74) is 6.89. The second kappa shape index (κ2) is 5.96. The molecule has 1 amide bonds. The third-order valence-corrected chi connectivity index (χ3v) is 4.20. The van der Waals surface area contributed by atoms with Crippen molar-refractivity contribution in [2.75, 3.05) is 18.8 Å². The standard InChI is InChI=1S/C17H23FN4O2/c1-17(2,3)24-16(23)22-6-4-10(5-7-22)11-8-12(18)14-13(9-11)20-15(19)21-14/h8-10H,4-7H2,1-3H3,(H3,19,20,21). The van der Waals surface area contributed by atoms with Crippen molar-refractivity contribution in [1.82, 2.24) is 14.9 Å². The van der Waals surface area contributed by atoms with Gasteiger partial charge in [-0.05, 0) is 57.2 Å². The van der Waals surface area contributed by atoms with E-state index in [4.69, 9.17) is 10.5 Å². The van der Waals surface area contributed by atoms with Crippen LogP contribution in [0.4, 0.5) is 15.1 Å². The van der Waals surface area contributed by atoms with Crippen LogP contribution in [-0.4, -0.2) is 39.7 Å². The number of nitrogens with zero attached hydrogens (tertiary/aromatic N) is 2. The van der Waals surface area contributed by atoms with Crippen molar-refractivity contribution in [2.24, 2.45) is 0 Å². The zero-order valence-corrected chi connectivity index (χ0v) is 14.2. The molecule has 1 aliphatic rings. The number of amides is 1. The third-order valence-electron chi connectivity index (χ3n) is 4.20. The molecule has 1 fully saturated rings. The molecule has 1 aromatic heterocycles. The third kappa shape index (κ3) is 3.44. The van der Waals surface area contributed by atoms with Crippen LogP contribution >= 0.6 is 0 Å². The minimum absolute atomic E-state index is 0.201. The molecule has 1 aromatic carbocycles. The molecule has 130 valence electrons. The van der Waals surface area contributed by atoms with E-state index >= 15 is 0 Å². The minimum atomic E-state index is -0.497. The first-order valence-corrected chi connectivity index (χ1v) is 8.15. The molecule has 0 unspecified atom stereocenters. The number of carbonyl (C=O) groups excluding carboxylic acids is 1. The lowest BCUT2D eigenvalue weighted by Gasteiger charge is -2.33. The van der Waals surface area contributed by atoms with E-state index in [0.717, 1.165) is 18.4 Å². The Labute approximate surface area is 140 Å². The molecular formula is C17H23FN4O2. The van der Waals surface area contributed by atoms with Gasteiger partial charge in [0, 0.05) is 13.1 Å². The number of piperidine rings is 1. The van der Waals surface area contributed by atoms with Gasteiger partial charge in [0.05, 0.1) is 5.52 Å². The number of ether oxygens (including phenoxy) is 1. The summed E-state index contributed by atoms with van der Waals surface area (Å²) in [4.78, 5) is 20.6. The molecular weight excluding hydrogens is 311 g/mol. The van der Waals surface area contributed by atoms with Gasteiger partial charge < -0.3 is 20.4 Å². The van der Waals surface area contributed by atoms with Gasteiger partial charge in [-0.1, -0.05) is 0 Å². The predicted octanol–water partition coefficient (Wildman–Crippen LogP) is 3.40. The number of nitrogen functional groups attached to an aromatic ring is 1. The number of imidazole rings is 1. The fraction of sp³-hybridized carbons (Fsp3) is 0.529. The van der Waals surface area contributed by atoms with Gasteiger partial charge in [-0.15, -0.1) is 0 Å². The average Bonchev–Trinajstić information content (AvgIpc) is 2.86. The Kier molecular flexibility index (Phi) is 4.11. The number of nitrogens with two attached hydrogens (primary N) is 1. The molecule has 1 aliphatic heterocycles. The zero-order chi connectivity index (χ0) is 17.5. The molecule has 0 bridgehead atoms. The Morgan fingerprint density at radius 1 is 1.38 bits per heavy atom. The normalized spacial score (nSPS) is 16.6. The van der Waals surface area contributed by atoms with Gasteiger partial charge in [0.1, 0.15) is 11.1 Å². The Morgan fingerprint density at radius 2 is 2.04 bits per heavy atom. The SMILES string of the molecule is CC(C)(C)OC(=O)N1CCC(c2cc(F)c3nc(N)[nH]c3c2)CC1. The number of aromatic amines is 1. The maximum atomic E-state index is 14.2. The van der Waals surface area contributed by atoms with Gasteiger partial charge in [-0.2, -0.15) is 0 Å². The lowest BCUT2D eigenvalue weighted by atomic mass is 9.89. The number of anilines is 1. The zero-order valence-electron chi connectivity index (χ0n) is 14.2. The molecule has 6 nitrogen and oxygen atoms in total. The number of halogens is 1. The quantitative estimate of drug-likeness (QED) is 0.837. The van der Waals surface area contributed by atoms with E-state index in [-0.39, 0.29) is 29.3 Å². The van der Waals surface area contributed by atoms with Crippen LogP contribution in [0.1, 0.15) is 45.1 Å². The van der Waals surface area contributed by atoms with Crippen LogP contribution in [0.3, 0.4) is 0 Å². The molecule has 0 atom stereocenters. The molecule has 0 aliphatic carbocycles. The summed E-state index contributed by atoms with van der Waals surface area (Å²) >= 11 is 0. The minimum Gasteiger partial charge on any atom is -0.444 e. The molecule has 0 radical (unpaired) electrons. The lowest BCUT2D eigenvalue weighted by molar-refractivity contribution is 0.0205. The number of H-pyrrole nitrogens is 1. The molecule has 2 heterocycles. The molecule has 3 rings (SSSR count). The van der Waals surface area contributed by atoms with Crippen molar-refractivity contribution in [3.8, 4) is 0 Å². The molecule has 1 saturated heterocycles. The summed E-state index contributed by atoms with van der Waals surface area (Å²) in [7, 11) is 0. The highest BCUT2D eigenvalue weighted by molar-refractivity contribution is 5.78. The van der Waals surface area contributed by atoms with Crippen LogP contribution in [0.25, 0.3) is 11.0 Å². The number of hydrogen-bond donors (Lipinski definition) is 2. The largest absolute Gasteiger partial charge is 0.444 e. The highest BCUT2D eigenvalue weighted by Crippen LogP contribution is 2.31. The van der Waals surface area contributed by atoms with Gasteiger partial charge in [-0.25, -0.2) is 14.2 Å². The summed E-state index contributed by atoms with van der Waals surface area (Å²) in [6.07, 6.45) is 1.26. The summed E-state index contributed by atoms with van der Waals surface area (Å²) in [6.45, 7) is 6.76. The van der Waals surface area contributed by atoms with Gasteiger partial charge in [-0.3, -0.25) is 0 Å². The second-order valence-electron chi connectivity index (χ2n) is 7.26. The van der Waals surface area contributed by atoms with Crippen LogP contribution in [-0.2, 0) is 4.74 Å². The highest BCUT2D eigenvalue weighted by Gasteiger charge is 2.28. The Morgan fingerprint density at radius 3 is 2.67 bits per heavy atom. The average molecular weight is 334 g/mol. The molecule has 7 heteroatoms. The molecule has 24 heavy (non-hydrogen) atoms. The van der Waals surface area contributed by atoms with Crippen molar-refractivity contribution < 1.29 is 13.9 Å². The van der Waals surface area contributed by atoms with E-state index in [1.165, 1.54) is 6.07 Å². The number of benzene rings is 1. The fourth-order valence-electron chi connectivity index (χ4n) is 3.07. The number of aromatic nitrogens is 2. The van der Waals surface area contributed by atoms with E-state index in [9.17, 15) is 9.18 Å². The maximum absolute atomic E-state index is 14.2. The van der Waals surface area contributed by atoms with E-state index in [2.05, 4.69) is 9.97 Å². The second-order valence-corrected chi connectivity index (χ2v) is 7.26. The summed E-state index contributed by atoms with van der Waals surface area (Å²) in [6, 6.07) is 3.42. The first-order chi connectivity index (χ1) is 11.2. The van der Waals surface area contributed by atoms with Gasteiger partial charge in [0.2, 0.25) is 0 Å². The van der Waals surface area contributed by atoms with Crippen LogP contribution in [0.2, 0.25) is 0 Å². The van der Waals surface area contributed by atoms with E-state index in [1.807, 2.05) is 26.8 Å². The molecule has 3 N–H and O–H groups in total. The summed E-state index contributed by atoms with van der Waals surface area (Å²) in [5, 5.41) is 0. The molecule has 0 spiro atoms. The van der Waals surface area contributed by atoms with Crippen LogP contribution in [0.5, 0.6) is 0 Å². The van der Waals surface area contributed by atoms with Crippen molar-refractivity contribution in [2.45, 2.75) is 45.1 Å². The van der Waals surface area contributed by atoms with Crippen molar-refractivity contribution in [3.63, 3.8) is 0 Å². The molecule has 2 aromatic rings. The molecule has 0 saturated carbocycles. The Bertz CT molecular complexity index is 758. The summed E-state index contributed by atoms with van der Waals surface area (Å²) < 4.78 is 19.6. The Balaban J connectivity index is 1.70. The number of nitrogens with one attached hydrogen (secondary N) is 1. The van der Waals surface area contributed by atoms with Crippen molar-refractivity contribution >= 4 is 23.1 Å². The van der Waals surface area contributed by atoms with Crippen LogP contribution in [0.15, 0.2) is 12.1 Å². The maximum Gasteiger partial charge on any atom is 0.410 e. The van der Waals surface area contributed by atoms with Gasteiger partial charge >= 0.3 is 6.09 Å². The van der Waals surface area contributed by atoms with Crippen LogP contribution < -0.4 is 5.73 Å². The van der Waals surface area contributed by atoms with Gasteiger partial charge in [0.25, 0.3) is 0 Å². The first kappa shape index (κ1) is 16.5. The highest BCUT2D eigenvalue weighted by atomic mass is 19.1.